The average Bonchev–Trinajstić information content (AvgIpc) is 2.94. The number of carbonyl (C=O) groups excluding carboxylic acids is 1. The lowest BCUT2D eigenvalue weighted by Crippen LogP contribution is -2.53. The van der Waals surface area contributed by atoms with Gasteiger partial charge in [0.2, 0.25) is 11.8 Å². The molecule has 2 N–H and O–H groups in total. The third-order valence-electron chi connectivity index (χ3n) is 3.90. The van der Waals surface area contributed by atoms with E-state index in [0.29, 0.717) is 37.3 Å². The third kappa shape index (κ3) is 6.55. The van der Waals surface area contributed by atoms with Crippen molar-refractivity contribution in [2.45, 2.75) is 46.2 Å². The van der Waals surface area contributed by atoms with Gasteiger partial charge in [0.1, 0.15) is 0 Å². The maximum absolute atomic E-state index is 12.3. The molecule has 1 fully saturated rings. The van der Waals surface area contributed by atoms with Gasteiger partial charge in [0.05, 0.1) is 12.6 Å². The van der Waals surface area contributed by atoms with Gasteiger partial charge < -0.3 is 15.2 Å². The zero-order valence-electron chi connectivity index (χ0n) is 14.6. The Labute approximate surface area is 156 Å². The normalized spacial score (nSPS) is 16.5. The Bertz CT molecular complexity index is 490. The molecule has 1 atom stereocenters. The van der Waals surface area contributed by atoms with E-state index >= 15 is 0 Å². The van der Waals surface area contributed by atoms with Crippen molar-refractivity contribution in [3.63, 3.8) is 0 Å². The Morgan fingerprint density at radius 3 is 2.38 bits per heavy atom. The van der Waals surface area contributed by atoms with Crippen LogP contribution in [-0.2, 0) is 17.8 Å². The minimum atomic E-state index is -0.379. The van der Waals surface area contributed by atoms with Gasteiger partial charge in [-0.05, 0) is 12.3 Å². The minimum absolute atomic E-state index is 0. The molecule has 2 heterocycles. The van der Waals surface area contributed by atoms with Crippen LogP contribution < -0.4 is 5.73 Å². The summed E-state index contributed by atoms with van der Waals surface area (Å²) in [6, 6.07) is -0.379. The quantitative estimate of drug-likeness (QED) is 0.802. The smallest absolute Gasteiger partial charge is 0.239 e. The summed E-state index contributed by atoms with van der Waals surface area (Å²) >= 11 is 0. The summed E-state index contributed by atoms with van der Waals surface area (Å²) < 4.78 is 5.11. The number of hydrogen-bond acceptors (Lipinski definition) is 6. The number of nitrogens with two attached hydrogens (primary N) is 1. The van der Waals surface area contributed by atoms with E-state index in [1.165, 1.54) is 0 Å². The van der Waals surface area contributed by atoms with Gasteiger partial charge in [-0.2, -0.15) is 4.98 Å². The average molecular weight is 382 g/mol. The van der Waals surface area contributed by atoms with E-state index in [0.717, 1.165) is 25.9 Å². The first-order valence-electron chi connectivity index (χ1n) is 8.07. The van der Waals surface area contributed by atoms with E-state index in [9.17, 15) is 4.79 Å². The van der Waals surface area contributed by atoms with Gasteiger partial charge in [-0.1, -0.05) is 25.9 Å². The maximum atomic E-state index is 12.3. The summed E-state index contributed by atoms with van der Waals surface area (Å²) in [6.07, 6.45) is 1.49. The highest BCUT2D eigenvalue weighted by atomic mass is 35.5. The van der Waals surface area contributed by atoms with Crippen molar-refractivity contribution in [3.05, 3.63) is 11.7 Å². The zero-order chi connectivity index (χ0) is 16.1. The molecule has 0 spiro atoms. The second kappa shape index (κ2) is 10.9. The first-order chi connectivity index (χ1) is 10.5. The van der Waals surface area contributed by atoms with E-state index < -0.39 is 0 Å². The number of rotatable bonds is 6. The predicted molar refractivity (Wildman–Crippen MR) is 97.5 cm³/mol. The molecule has 7 nitrogen and oxygen atoms in total. The largest absolute Gasteiger partial charge is 0.339 e. The highest BCUT2D eigenvalue weighted by Gasteiger charge is 2.26. The standard InChI is InChI=1S/C15H27N5O2.2ClH/c1-4-14-17-13(18-22-14)10-19-5-7-20(8-6-19)15(21)12(16)9-11(2)3;;/h11-12H,4-10,16H2,1-3H3;2*1H/t12-;;/m0../s1. The molecular weight excluding hydrogens is 353 g/mol. The van der Waals surface area contributed by atoms with Crippen molar-refractivity contribution < 1.29 is 9.32 Å². The predicted octanol–water partition coefficient (Wildman–Crippen LogP) is 1.49. The SMILES string of the molecule is CCc1nc(CN2CCN(C(=O)[C@@H](N)CC(C)C)CC2)no1.Cl.Cl. The van der Waals surface area contributed by atoms with Crippen LogP contribution in [0.25, 0.3) is 0 Å². The number of carbonyl (C=O) groups is 1. The monoisotopic (exact) mass is 381 g/mol. The van der Waals surface area contributed by atoms with Crippen LogP contribution >= 0.6 is 24.8 Å². The number of aromatic nitrogens is 2. The van der Waals surface area contributed by atoms with Crippen molar-refractivity contribution >= 4 is 30.7 Å². The molecule has 1 aliphatic heterocycles. The molecule has 24 heavy (non-hydrogen) atoms. The summed E-state index contributed by atoms with van der Waals surface area (Å²) in [5.74, 6) is 1.89. The summed E-state index contributed by atoms with van der Waals surface area (Å²) in [5.41, 5.74) is 5.99. The number of halogens is 2. The van der Waals surface area contributed by atoms with Crippen LogP contribution in [0, 0.1) is 5.92 Å². The van der Waals surface area contributed by atoms with E-state index in [1.54, 1.807) is 0 Å². The molecule has 0 aliphatic carbocycles. The second-order valence-electron chi connectivity index (χ2n) is 6.30. The van der Waals surface area contributed by atoms with Crippen LogP contribution in [-0.4, -0.2) is 58.1 Å². The number of piperazine rings is 1. The molecule has 140 valence electrons. The molecule has 9 heteroatoms. The van der Waals surface area contributed by atoms with Gasteiger partial charge in [0.25, 0.3) is 0 Å². The van der Waals surface area contributed by atoms with Crippen LogP contribution in [0.1, 0.15) is 38.9 Å². The van der Waals surface area contributed by atoms with Crippen molar-refractivity contribution in [2.24, 2.45) is 11.7 Å². The van der Waals surface area contributed by atoms with Crippen LogP contribution in [0.4, 0.5) is 0 Å². The van der Waals surface area contributed by atoms with E-state index in [2.05, 4.69) is 28.9 Å². The zero-order valence-corrected chi connectivity index (χ0v) is 16.2. The van der Waals surface area contributed by atoms with Gasteiger partial charge in [0.15, 0.2) is 5.82 Å². The Morgan fingerprint density at radius 2 is 1.88 bits per heavy atom. The highest BCUT2D eigenvalue weighted by Crippen LogP contribution is 2.10. The molecular formula is C15H29Cl2N5O2. The molecule has 1 aromatic heterocycles. The molecule has 1 amide bonds. The number of amides is 1. The van der Waals surface area contributed by atoms with Crippen molar-refractivity contribution in [2.75, 3.05) is 26.2 Å². The fourth-order valence-electron chi connectivity index (χ4n) is 2.67. The molecule has 0 bridgehead atoms. The molecule has 2 rings (SSSR count). The highest BCUT2D eigenvalue weighted by molar-refractivity contribution is 5.85. The fourth-order valence-corrected chi connectivity index (χ4v) is 2.67. The molecule has 1 saturated heterocycles. The van der Waals surface area contributed by atoms with Gasteiger partial charge >= 0.3 is 0 Å². The first-order valence-corrected chi connectivity index (χ1v) is 8.07. The Balaban J connectivity index is 0.00000264. The van der Waals surface area contributed by atoms with Crippen LogP contribution in [0.5, 0.6) is 0 Å². The third-order valence-corrected chi connectivity index (χ3v) is 3.90. The van der Waals surface area contributed by atoms with Crippen LogP contribution in [0.15, 0.2) is 4.52 Å². The molecule has 0 radical (unpaired) electrons. The van der Waals surface area contributed by atoms with Crippen LogP contribution in [0.2, 0.25) is 0 Å². The summed E-state index contributed by atoms with van der Waals surface area (Å²) in [6.45, 7) is 9.88. The Kier molecular flexibility index (Phi) is 10.5. The molecule has 0 unspecified atom stereocenters. The summed E-state index contributed by atoms with van der Waals surface area (Å²) in [7, 11) is 0. The summed E-state index contributed by atoms with van der Waals surface area (Å²) in [5, 5.41) is 3.97. The van der Waals surface area contributed by atoms with Crippen molar-refractivity contribution in [1.82, 2.24) is 19.9 Å². The fraction of sp³-hybridized carbons (Fsp3) is 0.800. The molecule has 0 aromatic carbocycles. The lowest BCUT2D eigenvalue weighted by Gasteiger charge is -2.35. The van der Waals surface area contributed by atoms with Gasteiger partial charge in [-0.25, -0.2) is 0 Å². The Morgan fingerprint density at radius 1 is 1.25 bits per heavy atom. The lowest BCUT2D eigenvalue weighted by molar-refractivity contribution is -0.134. The van der Waals surface area contributed by atoms with Crippen molar-refractivity contribution in [1.29, 1.82) is 0 Å². The van der Waals surface area contributed by atoms with Crippen LogP contribution in [0.3, 0.4) is 0 Å². The summed E-state index contributed by atoms with van der Waals surface area (Å²) in [4.78, 5) is 20.7. The van der Waals surface area contributed by atoms with E-state index in [-0.39, 0.29) is 36.8 Å². The van der Waals surface area contributed by atoms with E-state index in [4.69, 9.17) is 10.3 Å². The van der Waals surface area contributed by atoms with E-state index in [1.807, 2.05) is 11.8 Å². The lowest BCUT2D eigenvalue weighted by atomic mass is 10.0. The number of nitrogens with zero attached hydrogens (tertiary/aromatic N) is 4. The minimum Gasteiger partial charge on any atom is -0.339 e. The van der Waals surface area contributed by atoms with Gasteiger partial charge in [-0.3, -0.25) is 9.69 Å². The van der Waals surface area contributed by atoms with Crippen molar-refractivity contribution in [3.8, 4) is 0 Å². The Hall–Kier alpha value is -0.890. The van der Waals surface area contributed by atoms with Gasteiger partial charge in [-0.15, -0.1) is 24.8 Å². The topological polar surface area (TPSA) is 88.5 Å². The second-order valence-corrected chi connectivity index (χ2v) is 6.30. The molecule has 1 aliphatic rings. The molecule has 1 aromatic rings. The first kappa shape index (κ1) is 23.1. The number of hydrogen-bond donors (Lipinski definition) is 1. The van der Waals surface area contributed by atoms with Gasteiger partial charge in [0, 0.05) is 32.6 Å². The maximum Gasteiger partial charge on any atom is 0.239 e. The molecule has 0 saturated carbocycles. The number of aryl methyl sites for hydroxylation is 1.